The molecule has 1 unspecified atom stereocenters. The van der Waals surface area contributed by atoms with Gasteiger partial charge >= 0.3 is 5.97 Å². The Morgan fingerprint density at radius 1 is 1.00 bits per heavy atom. The summed E-state index contributed by atoms with van der Waals surface area (Å²) in [4.78, 5) is 38.0. The zero-order valence-electron chi connectivity index (χ0n) is 26.8. The number of rotatable bonds is 15. The van der Waals surface area contributed by atoms with E-state index < -0.39 is 6.04 Å². The highest BCUT2D eigenvalue weighted by Gasteiger charge is 2.28. The van der Waals surface area contributed by atoms with Crippen LogP contribution in [0.1, 0.15) is 87.8 Å². The van der Waals surface area contributed by atoms with E-state index in [1.165, 1.54) is 6.42 Å². The molecule has 0 radical (unpaired) electrons. The lowest BCUT2D eigenvalue weighted by atomic mass is 9.95. The SMILES string of the molecule is CCOC(=O)CCNC(=O)CC(NC(=O)c1cc(-c2c(OC)cccc2OCc2ccccc2)n(C2CCCCC2)n1)C(C)C. The van der Waals surface area contributed by atoms with Crippen molar-refractivity contribution in [2.24, 2.45) is 5.92 Å². The van der Waals surface area contributed by atoms with Crippen molar-refractivity contribution in [2.45, 2.75) is 84.4 Å². The highest BCUT2D eigenvalue weighted by molar-refractivity contribution is 5.94. The van der Waals surface area contributed by atoms with Crippen LogP contribution in [0.2, 0.25) is 0 Å². The molecule has 10 nitrogen and oxygen atoms in total. The van der Waals surface area contributed by atoms with Crippen LogP contribution in [0.25, 0.3) is 11.3 Å². The smallest absolute Gasteiger partial charge is 0.307 e. The molecule has 0 saturated heterocycles. The molecular formula is C35H46N4O6. The number of esters is 1. The predicted molar refractivity (Wildman–Crippen MR) is 172 cm³/mol. The van der Waals surface area contributed by atoms with Crippen molar-refractivity contribution in [1.29, 1.82) is 0 Å². The van der Waals surface area contributed by atoms with Crippen molar-refractivity contribution < 1.29 is 28.6 Å². The third-order valence-electron chi connectivity index (χ3n) is 8.07. The molecule has 1 saturated carbocycles. The Hall–Kier alpha value is -4.34. The molecule has 0 spiro atoms. The second-order valence-electron chi connectivity index (χ2n) is 11.7. The van der Waals surface area contributed by atoms with Gasteiger partial charge in [-0.2, -0.15) is 5.10 Å². The second-order valence-corrected chi connectivity index (χ2v) is 11.7. The normalized spacial score (nSPS) is 14.1. The third kappa shape index (κ3) is 9.33. The number of hydrogen-bond donors (Lipinski definition) is 2. The van der Waals surface area contributed by atoms with E-state index in [1.807, 2.05) is 67.1 Å². The lowest BCUT2D eigenvalue weighted by Gasteiger charge is -2.25. The molecule has 0 bridgehead atoms. The van der Waals surface area contributed by atoms with Crippen LogP contribution in [-0.4, -0.2) is 53.9 Å². The Labute approximate surface area is 265 Å². The number of amides is 2. The monoisotopic (exact) mass is 618 g/mol. The van der Waals surface area contributed by atoms with Crippen molar-refractivity contribution in [3.8, 4) is 22.8 Å². The first-order valence-electron chi connectivity index (χ1n) is 16.0. The standard InChI is InChI=1S/C35H46N4O6/c1-5-44-33(41)19-20-36-32(40)22-27(24(2)3)37-35(42)28-21-29(39(38-28)26-15-10-7-11-16-26)34-30(43-4)17-12-18-31(34)45-23-25-13-8-6-9-14-25/h6,8-9,12-14,17-18,21,24,26-27H,5,7,10-11,15-16,19-20,22-23H2,1-4H3,(H,36,40)(H,37,42). The molecule has 4 rings (SSSR count). The van der Waals surface area contributed by atoms with E-state index in [0.29, 0.717) is 24.7 Å². The Balaban J connectivity index is 1.59. The van der Waals surface area contributed by atoms with Gasteiger partial charge in [0.05, 0.1) is 37.4 Å². The molecule has 1 fully saturated rings. The van der Waals surface area contributed by atoms with Gasteiger partial charge in [0, 0.05) is 19.0 Å². The number of carbonyl (C=O) groups is 3. The van der Waals surface area contributed by atoms with Gasteiger partial charge in [-0.05, 0) is 49.4 Å². The molecule has 1 aliphatic carbocycles. The average molecular weight is 619 g/mol. The molecular weight excluding hydrogens is 572 g/mol. The van der Waals surface area contributed by atoms with Crippen LogP contribution in [0.4, 0.5) is 0 Å². The predicted octanol–water partition coefficient (Wildman–Crippen LogP) is 5.86. The summed E-state index contributed by atoms with van der Waals surface area (Å²) in [6.07, 6.45) is 5.47. The third-order valence-corrected chi connectivity index (χ3v) is 8.07. The Morgan fingerprint density at radius 3 is 2.42 bits per heavy atom. The summed E-state index contributed by atoms with van der Waals surface area (Å²) in [5, 5.41) is 10.7. The number of ether oxygens (including phenoxy) is 3. The Bertz CT molecular complexity index is 1410. The molecule has 0 aliphatic heterocycles. The zero-order chi connectivity index (χ0) is 32.2. The molecule has 3 aromatic rings. The minimum Gasteiger partial charge on any atom is -0.496 e. The van der Waals surface area contributed by atoms with Crippen LogP contribution in [0, 0.1) is 5.92 Å². The van der Waals surface area contributed by atoms with Gasteiger partial charge in [-0.3, -0.25) is 19.1 Å². The van der Waals surface area contributed by atoms with Crippen molar-refractivity contribution >= 4 is 17.8 Å². The van der Waals surface area contributed by atoms with E-state index >= 15 is 0 Å². The summed E-state index contributed by atoms with van der Waals surface area (Å²) < 4.78 is 19.0. The molecule has 2 N–H and O–H groups in total. The van der Waals surface area contributed by atoms with Crippen LogP contribution in [0.3, 0.4) is 0 Å². The van der Waals surface area contributed by atoms with Gasteiger partial charge in [0.15, 0.2) is 5.69 Å². The summed E-state index contributed by atoms with van der Waals surface area (Å²) in [5.74, 6) is 0.286. The fourth-order valence-electron chi connectivity index (χ4n) is 5.59. The molecule has 242 valence electrons. The first-order valence-corrected chi connectivity index (χ1v) is 16.0. The number of nitrogens with one attached hydrogen (secondary N) is 2. The van der Waals surface area contributed by atoms with Crippen LogP contribution >= 0.6 is 0 Å². The number of aromatic nitrogens is 2. The Kier molecular flexibility index (Phi) is 12.4. The molecule has 1 atom stereocenters. The maximum atomic E-state index is 13.7. The van der Waals surface area contributed by atoms with Crippen molar-refractivity contribution in [3.05, 3.63) is 65.9 Å². The van der Waals surface area contributed by atoms with E-state index in [2.05, 4.69) is 10.6 Å². The van der Waals surface area contributed by atoms with Crippen LogP contribution < -0.4 is 20.1 Å². The quantitative estimate of drug-likeness (QED) is 0.205. The van der Waals surface area contributed by atoms with Crippen LogP contribution in [-0.2, 0) is 20.9 Å². The number of benzene rings is 2. The van der Waals surface area contributed by atoms with Gasteiger partial charge < -0.3 is 24.8 Å². The lowest BCUT2D eigenvalue weighted by molar-refractivity contribution is -0.143. The molecule has 1 aromatic heterocycles. The van der Waals surface area contributed by atoms with Crippen LogP contribution in [0.5, 0.6) is 11.5 Å². The Morgan fingerprint density at radius 2 is 1.73 bits per heavy atom. The number of nitrogens with zero attached hydrogens (tertiary/aromatic N) is 2. The maximum absolute atomic E-state index is 13.7. The van der Waals surface area contributed by atoms with Crippen molar-refractivity contribution in [1.82, 2.24) is 20.4 Å². The van der Waals surface area contributed by atoms with Gasteiger partial charge in [0.2, 0.25) is 5.91 Å². The van der Waals surface area contributed by atoms with E-state index in [4.69, 9.17) is 19.3 Å². The van der Waals surface area contributed by atoms with Crippen molar-refractivity contribution in [2.75, 3.05) is 20.3 Å². The summed E-state index contributed by atoms with van der Waals surface area (Å²) in [7, 11) is 1.62. The second kappa shape index (κ2) is 16.7. The molecule has 10 heteroatoms. The average Bonchev–Trinajstić information content (AvgIpc) is 3.49. The van der Waals surface area contributed by atoms with E-state index in [1.54, 1.807) is 20.1 Å². The number of methoxy groups -OCH3 is 1. The van der Waals surface area contributed by atoms with Gasteiger partial charge in [-0.25, -0.2) is 0 Å². The highest BCUT2D eigenvalue weighted by Crippen LogP contribution is 2.42. The van der Waals surface area contributed by atoms with E-state index in [9.17, 15) is 14.4 Å². The summed E-state index contributed by atoms with van der Waals surface area (Å²) in [6.45, 7) is 6.50. The summed E-state index contributed by atoms with van der Waals surface area (Å²) in [6, 6.07) is 17.1. The highest BCUT2D eigenvalue weighted by atomic mass is 16.5. The molecule has 2 amide bonds. The molecule has 2 aromatic carbocycles. The topological polar surface area (TPSA) is 121 Å². The molecule has 1 aliphatic rings. The first-order chi connectivity index (χ1) is 21.8. The largest absolute Gasteiger partial charge is 0.496 e. The maximum Gasteiger partial charge on any atom is 0.307 e. The summed E-state index contributed by atoms with van der Waals surface area (Å²) in [5.41, 5.74) is 2.81. The van der Waals surface area contributed by atoms with Gasteiger partial charge in [-0.15, -0.1) is 0 Å². The van der Waals surface area contributed by atoms with Crippen molar-refractivity contribution in [3.63, 3.8) is 0 Å². The minimum atomic E-state index is -0.431. The minimum absolute atomic E-state index is 0.0168. The van der Waals surface area contributed by atoms with Gasteiger partial charge in [0.1, 0.15) is 18.1 Å². The number of hydrogen-bond acceptors (Lipinski definition) is 7. The van der Waals surface area contributed by atoms with Gasteiger partial charge in [0.25, 0.3) is 5.91 Å². The summed E-state index contributed by atoms with van der Waals surface area (Å²) >= 11 is 0. The number of carbonyl (C=O) groups excluding carboxylic acids is 3. The zero-order valence-corrected chi connectivity index (χ0v) is 26.8. The fourth-order valence-corrected chi connectivity index (χ4v) is 5.59. The fraction of sp³-hybridized carbons (Fsp3) is 0.486. The molecule has 1 heterocycles. The van der Waals surface area contributed by atoms with E-state index in [-0.39, 0.29) is 54.8 Å². The molecule has 45 heavy (non-hydrogen) atoms. The lowest BCUT2D eigenvalue weighted by Crippen LogP contribution is -2.42. The first kappa shape index (κ1) is 33.6. The van der Waals surface area contributed by atoms with Gasteiger partial charge in [-0.1, -0.05) is 69.5 Å². The van der Waals surface area contributed by atoms with Crippen LogP contribution in [0.15, 0.2) is 54.6 Å². The van der Waals surface area contributed by atoms with E-state index in [0.717, 1.165) is 42.5 Å².